The molecule has 0 aromatic heterocycles. The summed E-state index contributed by atoms with van der Waals surface area (Å²) in [5, 5.41) is 3.47. The van der Waals surface area contributed by atoms with Crippen LogP contribution in [-0.2, 0) is 16.3 Å². The van der Waals surface area contributed by atoms with Crippen molar-refractivity contribution in [1.29, 1.82) is 0 Å². The average Bonchev–Trinajstić information content (AvgIpc) is 2.80. The van der Waals surface area contributed by atoms with Crippen molar-refractivity contribution in [3.05, 3.63) is 33.4 Å². The molecule has 0 radical (unpaired) electrons. The van der Waals surface area contributed by atoms with E-state index in [-0.39, 0.29) is 0 Å². The van der Waals surface area contributed by atoms with Gasteiger partial charge in [0.15, 0.2) is 9.84 Å². The van der Waals surface area contributed by atoms with Gasteiger partial charge in [0, 0.05) is 3.57 Å². The Kier molecular flexibility index (Phi) is 6.50. The number of benzene rings is 1. The molecule has 2 unspecified atom stereocenters. The molecule has 1 aromatic rings. The molecule has 1 aliphatic rings. The molecule has 118 valence electrons. The predicted molar refractivity (Wildman–Crippen MR) is 96.3 cm³/mol. The van der Waals surface area contributed by atoms with E-state index in [1.54, 1.807) is 0 Å². The molecule has 1 N–H and O–H groups in total. The molecular weight excluding hydrogens is 397 g/mol. The van der Waals surface area contributed by atoms with Crippen LogP contribution in [0.4, 0.5) is 0 Å². The zero-order valence-electron chi connectivity index (χ0n) is 12.5. The molecule has 1 aliphatic heterocycles. The molecule has 3 nitrogen and oxygen atoms in total. The summed E-state index contributed by atoms with van der Waals surface area (Å²) in [5.74, 6) is 1.46. The minimum absolute atomic E-state index is 0.304. The van der Waals surface area contributed by atoms with Gasteiger partial charge in [-0.2, -0.15) is 0 Å². The molecule has 0 amide bonds. The molecule has 0 saturated carbocycles. The Balaban J connectivity index is 2.03. The normalized spacial score (nSPS) is 22.3. The minimum Gasteiger partial charge on any atom is -0.316 e. The van der Waals surface area contributed by atoms with Crippen LogP contribution in [0.25, 0.3) is 0 Å². The van der Waals surface area contributed by atoms with Crippen molar-refractivity contribution in [2.45, 2.75) is 26.2 Å². The molecule has 2 rings (SSSR count). The highest BCUT2D eigenvalue weighted by Gasteiger charge is 2.33. The Labute approximate surface area is 142 Å². The van der Waals surface area contributed by atoms with Crippen molar-refractivity contribution in [3.63, 3.8) is 0 Å². The fourth-order valence-corrected chi connectivity index (χ4v) is 5.27. The number of hydrogen-bond acceptors (Lipinski definition) is 3. The van der Waals surface area contributed by atoms with Gasteiger partial charge in [-0.3, -0.25) is 0 Å². The Morgan fingerprint density at radius 1 is 1.33 bits per heavy atom. The van der Waals surface area contributed by atoms with Crippen LogP contribution in [0.1, 0.15) is 25.3 Å². The van der Waals surface area contributed by atoms with Gasteiger partial charge in [0.25, 0.3) is 0 Å². The monoisotopic (exact) mass is 421 g/mol. The number of halogens is 1. The highest BCUT2D eigenvalue weighted by molar-refractivity contribution is 14.1. The average molecular weight is 421 g/mol. The molecule has 0 aliphatic carbocycles. The third kappa shape index (κ3) is 5.53. The van der Waals surface area contributed by atoms with E-state index in [9.17, 15) is 8.42 Å². The Bertz CT molecular complexity index is 542. The summed E-state index contributed by atoms with van der Waals surface area (Å²) in [6.07, 6.45) is 2.90. The van der Waals surface area contributed by atoms with Crippen LogP contribution in [-0.4, -0.2) is 33.0 Å². The van der Waals surface area contributed by atoms with Gasteiger partial charge in [-0.05, 0) is 84.5 Å². The van der Waals surface area contributed by atoms with Crippen molar-refractivity contribution >= 4 is 32.4 Å². The highest BCUT2D eigenvalue weighted by Crippen LogP contribution is 2.28. The van der Waals surface area contributed by atoms with E-state index in [4.69, 9.17) is 0 Å². The van der Waals surface area contributed by atoms with Gasteiger partial charge in [0.05, 0.1) is 11.5 Å². The highest BCUT2D eigenvalue weighted by atomic mass is 127. The fraction of sp³-hybridized carbons (Fsp3) is 0.625. The molecule has 2 atom stereocenters. The van der Waals surface area contributed by atoms with Gasteiger partial charge in [0.2, 0.25) is 0 Å². The summed E-state index contributed by atoms with van der Waals surface area (Å²) >= 11 is 2.31. The molecule has 0 spiro atoms. The van der Waals surface area contributed by atoms with Crippen LogP contribution in [0, 0.1) is 15.4 Å². The lowest BCUT2D eigenvalue weighted by molar-refractivity contribution is 0.343. The van der Waals surface area contributed by atoms with Crippen LogP contribution >= 0.6 is 22.6 Å². The van der Waals surface area contributed by atoms with Crippen molar-refractivity contribution in [2.75, 3.05) is 24.6 Å². The molecule has 21 heavy (non-hydrogen) atoms. The number of rotatable bonds is 7. The largest absolute Gasteiger partial charge is 0.316 e. The van der Waals surface area contributed by atoms with E-state index in [0.717, 1.165) is 32.4 Å². The number of hydrogen-bond donors (Lipinski definition) is 1. The lowest BCUT2D eigenvalue weighted by atomic mass is 9.86. The first-order valence-corrected chi connectivity index (χ1v) is 10.6. The summed E-state index contributed by atoms with van der Waals surface area (Å²) in [7, 11) is -2.80. The van der Waals surface area contributed by atoms with Crippen LogP contribution in [0.2, 0.25) is 0 Å². The van der Waals surface area contributed by atoms with Crippen molar-refractivity contribution in [2.24, 2.45) is 11.8 Å². The molecule has 1 aromatic carbocycles. The maximum Gasteiger partial charge on any atom is 0.150 e. The van der Waals surface area contributed by atoms with Gasteiger partial charge in [-0.25, -0.2) is 8.42 Å². The fourth-order valence-electron chi connectivity index (χ4n) is 2.99. The van der Waals surface area contributed by atoms with Crippen LogP contribution < -0.4 is 5.32 Å². The molecule has 5 heteroatoms. The first-order chi connectivity index (χ1) is 10.00. The van der Waals surface area contributed by atoms with Crippen molar-refractivity contribution in [1.82, 2.24) is 5.32 Å². The second-order valence-electron chi connectivity index (χ2n) is 5.96. The van der Waals surface area contributed by atoms with Gasteiger partial charge < -0.3 is 5.32 Å². The Hall–Kier alpha value is -0.140. The lowest BCUT2D eigenvalue weighted by Crippen LogP contribution is -2.31. The molecule has 1 fully saturated rings. The lowest BCUT2D eigenvalue weighted by Gasteiger charge is -2.23. The first-order valence-electron chi connectivity index (χ1n) is 7.66. The Morgan fingerprint density at radius 3 is 2.62 bits per heavy atom. The first kappa shape index (κ1) is 17.2. The van der Waals surface area contributed by atoms with E-state index < -0.39 is 9.84 Å². The summed E-state index contributed by atoms with van der Waals surface area (Å²) in [4.78, 5) is 0. The summed E-state index contributed by atoms with van der Waals surface area (Å²) in [5.41, 5.74) is 1.31. The second-order valence-corrected chi connectivity index (χ2v) is 9.43. The quantitative estimate of drug-likeness (QED) is 0.544. The van der Waals surface area contributed by atoms with Crippen molar-refractivity contribution < 1.29 is 8.42 Å². The van der Waals surface area contributed by atoms with Crippen LogP contribution in [0.5, 0.6) is 0 Å². The SMILES string of the molecule is CCCNCC(Cc1ccc(I)cc1)C1CCS(=O)(=O)C1. The van der Waals surface area contributed by atoms with E-state index >= 15 is 0 Å². The zero-order chi connectivity index (χ0) is 15.3. The van der Waals surface area contributed by atoms with Crippen LogP contribution in [0.3, 0.4) is 0 Å². The molecule has 0 bridgehead atoms. The smallest absolute Gasteiger partial charge is 0.150 e. The van der Waals surface area contributed by atoms with Gasteiger partial charge in [-0.15, -0.1) is 0 Å². The summed E-state index contributed by atoms with van der Waals surface area (Å²) in [6, 6.07) is 8.58. The summed E-state index contributed by atoms with van der Waals surface area (Å²) < 4.78 is 24.7. The number of nitrogens with one attached hydrogen (secondary N) is 1. The second kappa shape index (κ2) is 7.92. The topological polar surface area (TPSA) is 46.2 Å². The van der Waals surface area contributed by atoms with Gasteiger partial charge in [-0.1, -0.05) is 19.1 Å². The Morgan fingerprint density at radius 2 is 2.05 bits per heavy atom. The third-order valence-corrected chi connectivity index (χ3v) is 6.69. The molecular formula is C16H24INO2S. The zero-order valence-corrected chi connectivity index (χ0v) is 15.5. The maximum absolute atomic E-state index is 11.8. The molecule has 1 saturated heterocycles. The van der Waals surface area contributed by atoms with Gasteiger partial charge >= 0.3 is 0 Å². The van der Waals surface area contributed by atoms with E-state index in [0.29, 0.717) is 23.3 Å². The standard InChI is InChI=1S/C16H24INO2S/c1-2-8-18-11-15(14-7-9-21(19,20)12-14)10-13-3-5-16(17)6-4-13/h3-6,14-15,18H,2,7-12H2,1H3. The third-order valence-electron chi connectivity index (χ3n) is 4.18. The van der Waals surface area contributed by atoms with E-state index in [2.05, 4.69) is 59.1 Å². The number of sulfone groups is 1. The predicted octanol–water partition coefficient (Wildman–Crippen LogP) is 2.88. The van der Waals surface area contributed by atoms with Gasteiger partial charge in [0.1, 0.15) is 0 Å². The molecule has 1 heterocycles. The van der Waals surface area contributed by atoms with E-state index in [1.165, 1.54) is 9.13 Å². The maximum atomic E-state index is 11.8. The summed E-state index contributed by atoms with van der Waals surface area (Å²) in [6.45, 7) is 4.07. The van der Waals surface area contributed by atoms with E-state index in [1.807, 2.05) is 0 Å². The minimum atomic E-state index is -2.80. The van der Waals surface area contributed by atoms with Crippen molar-refractivity contribution in [3.8, 4) is 0 Å². The van der Waals surface area contributed by atoms with Crippen LogP contribution in [0.15, 0.2) is 24.3 Å².